The molecule has 0 aliphatic carbocycles. The number of aromatic nitrogens is 1. The summed E-state index contributed by atoms with van der Waals surface area (Å²) < 4.78 is 30.1. The fraction of sp³-hybridized carbons (Fsp3) is 0.286. The summed E-state index contributed by atoms with van der Waals surface area (Å²) in [5.41, 5.74) is 4.33. The lowest BCUT2D eigenvalue weighted by molar-refractivity contribution is -0.139. The summed E-state index contributed by atoms with van der Waals surface area (Å²) in [5, 5.41) is 0. The largest absolute Gasteiger partial charge is 0.497 e. The molecule has 1 aromatic heterocycles. The van der Waals surface area contributed by atoms with Crippen molar-refractivity contribution >= 4 is 23.4 Å². The first kappa shape index (κ1) is 31.6. The van der Waals surface area contributed by atoms with Gasteiger partial charge < -0.3 is 23.7 Å². The van der Waals surface area contributed by atoms with Crippen LogP contribution < -0.4 is 33.8 Å². The predicted molar refractivity (Wildman–Crippen MR) is 173 cm³/mol. The van der Waals surface area contributed by atoms with E-state index in [4.69, 9.17) is 23.7 Å². The lowest BCUT2D eigenvalue weighted by Gasteiger charge is -2.24. The van der Waals surface area contributed by atoms with Crippen molar-refractivity contribution in [3.05, 3.63) is 114 Å². The molecule has 0 fully saturated rings. The van der Waals surface area contributed by atoms with Crippen molar-refractivity contribution in [3.8, 4) is 23.0 Å². The SMILES string of the molecule is CCOC(=O)C1=C(C)N=c2s/c(=C\c3ccc(OCCOc4cc(C)cc(C)c4)c(OC)c3)c(=O)n2[C@H]1c1ccc(OC)cc1. The van der Waals surface area contributed by atoms with Crippen molar-refractivity contribution in [2.45, 2.75) is 33.7 Å². The van der Waals surface area contributed by atoms with Crippen LogP contribution in [0.1, 0.15) is 42.1 Å². The Balaban J connectivity index is 1.43. The average Bonchev–Trinajstić information content (AvgIpc) is 3.32. The molecule has 1 aliphatic rings. The summed E-state index contributed by atoms with van der Waals surface area (Å²) in [7, 11) is 3.15. The zero-order valence-corrected chi connectivity index (χ0v) is 27.0. The third-order valence-corrected chi connectivity index (χ3v) is 8.22. The number of nitrogens with zero attached hydrogens (tertiary/aromatic N) is 2. The van der Waals surface area contributed by atoms with Crippen molar-refractivity contribution in [2.24, 2.45) is 4.99 Å². The average molecular weight is 629 g/mol. The van der Waals surface area contributed by atoms with Crippen molar-refractivity contribution in [2.75, 3.05) is 34.0 Å². The Morgan fingerprint density at radius 3 is 2.27 bits per heavy atom. The van der Waals surface area contributed by atoms with E-state index in [9.17, 15) is 9.59 Å². The summed E-state index contributed by atoms with van der Waals surface area (Å²) in [6.45, 7) is 8.48. The Morgan fingerprint density at radius 1 is 0.889 bits per heavy atom. The van der Waals surface area contributed by atoms with Crippen LogP contribution in [0.2, 0.25) is 0 Å². The second-order valence-electron chi connectivity index (χ2n) is 10.5. The van der Waals surface area contributed by atoms with Crippen molar-refractivity contribution < 1.29 is 28.5 Å². The smallest absolute Gasteiger partial charge is 0.338 e. The van der Waals surface area contributed by atoms with Crippen LogP contribution >= 0.6 is 11.3 Å². The van der Waals surface area contributed by atoms with Gasteiger partial charge in [-0.1, -0.05) is 35.6 Å². The molecule has 0 saturated heterocycles. The Labute approximate surface area is 265 Å². The molecular formula is C35H36N2O7S. The van der Waals surface area contributed by atoms with Crippen molar-refractivity contribution in [1.82, 2.24) is 4.57 Å². The maximum atomic E-state index is 13.9. The number of hydrogen-bond acceptors (Lipinski definition) is 9. The van der Waals surface area contributed by atoms with Crippen LogP contribution in [-0.4, -0.2) is 44.6 Å². The van der Waals surface area contributed by atoms with Gasteiger partial charge in [-0.3, -0.25) is 9.36 Å². The third-order valence-electron chi connectivity index (χ3n) is 7.24. The molecule has 10 heteroatoms. The highest BCUT2D eigenvalue weighted by molar-refractivity contribution is 7.07. The molecule has 5 rings (SSSR count). The normalized spacial score (nSPS) is 14.4. The van der Waals surface area contributed by atoms with E-state index in [-0.39, 0.29) is 12.2 Å². The molecule has 9 nitrogen and oxygen atoms in total. The monoisotopic (exact) mass is 628 g/mol. The highest BCUT2D eigenvalue weighted by Crippen LogP contribution is 2.32. The fourth-order valence-corrected chi connectivity index (χ4v) is 6.31. The molecule has 3 aromatic carbocycles. The first-order valence-corrected chi connectivity index (χ1v) is 15.4. The molecule has 0 saturated carbocycles. The molecule has 234 valence electrons. The lowest BCUT2D eigenvalue weighted by Crippen LogP contribution is -2.39. The number of fused-ring (bicyclic) bond motifs is 1. The minimum atomic E-state index is -0.704. The van der Waals surface area contributed by atoms with E-state index in [2.05, 4.69) is 11.1 Å². The zero-order valence-electron chi connectivity index (χ0n) is 26.2. The quantitative estimate of drug-likeness (QED) is 0.172. The molecule has 45 heavy (non-hydrogen) atoms. The van der Waals surface area contributed by atoms with Gasteiger partial charge in [0.1, 0.15) is 24.7 Å². The standard InChI is InChI=1S/C35H36N2O7S/c1-7-42-34(39)31-23(4)36-35-37(32(31)25-9-11-26(40-5)12-10-25)33(38)30(45-35)20-24-8-13-28(29(19-24)41-6)44-15-14-43-27-17-21(2)16-22(3)18-27/h8-13,16-20,32H,7,14-15H2,1-6H3/b30-20-/t32-/m0/s1. The van der Waals surface area contributed by atoms with Crippen LogP contribution in [0.3, 0.4) is 0 Å². The highest BCUT2D eigenvalue weighted by Gasteiger charge is 2.33. The zero-order chi connectivity index (χ0) is 32.1. The molecule has 2 heterocycles. The first-order valence-electron chi connectivity index (χ1n) is 14.6. The van der Waals surface area contributed by atoms with E-state index < -0.39 is 12.0 Å². The third kappa shape index (κ3) is 6.96. The first-order chi connectivity index (χ1) is 21.7. The molecule has 0 bridgehead atoms. The van der Waals surface area contributed by atoms with E-state index in [0.717, 1.165) is 28.0 Å². The van der Waals surface area contributed by atoms with Gasteiger partial charge in [-0.2, -0.15) is 0 Å². The van der Waals surface area contributed by atoms with Crippen LogP contribution in [0.25, 0.3) is 6.08 Å². The number of allylic oxidation sites excluding steroid dienone is 1. The summed E-state index contributed by atoms with van der Waals surface area (Å²) in [4.78, 5) is 32.2. The van der Waals surface area contributed by atoms with Gasteiger partial charge in [0.25, 0.3) is 5.56 Å². The fourth-order valence-electron chi connectivity index (χ4n) is 5.27. The lowest BCUT2D eigenvalue weighted by atomic mass is 9.96. The number of hydrogen-bond donors (Lipinski definition) is 0. The molecule has 4 aromatic rings. The van der Waals surface area contributed by atoms with E-state index in [1.165, 1.54) is 11.3 Å². The highest BCUT2D eigenvalue weighted by atomic mass is 32.1. The van der Waals surface area contributed by atoms with Crippen molar-refractivity contribution in [3.63, 3.8) is 0 Å². The van der Waals surface area contributed by atoms with Gasteiger partial charge in [-0.05, 0) is 92.4 Å². The molecule has 1 atom stereocenters. The summed E-state index contributed by atoms with van der Waals surface area (Å²) in [6.07, 6.45) is 1.79. The van der Waals surface area contributed by atoms with Gasteiger partial charge >= 0.3 is 5.97 Å². The number of carbonyl (C=O) groups excluding carboxylic acids is 1. The van der Waals surface area contributed by atoms with E-state index >= 15 is 0 Å². The molecular weight excluding hydrogens is 592 g/mol. The molecule has 0 spiro atoms. The number of carbonyl (C=O) groups is 1. The number of esters is 1. The van der Waals surface area contributed by atoms with Crippen LogP contribution in [0.15, 0.2) is 81.7 Å². The summed E-state index contributed by atoms with van der Waals surface area (Å²) in [6, 6.07) is 18.1. The molecule has 0 amide bonds. The molecule has 1 aliphatic heterocycles. The minimum Gasteiger partial charge on any atom is -0.497 e. The maximum absolute atomic E-state index is 13.9. The van der Waals surface area contributed by atoms with Gasteiger partial charge in [0.05, 0.1) is 42.7 Å². The van der Waals surface area contributed by atoms with Crippen LogP contribution in [0.4, 0.5) is 0 Å². The number of benzene rings is 3. The Bertz CT molecular complexity index is 1900. The Hall–Kier alpha value is -4.83. The van der Waals surface area contributed by atoms with Gasteiger partial charge in [-0.15, -0.1) is 0 Å². The van der Waals surface area contributed by atoms with Gasteiger partial charge in [0, 0.05) is 0 Å². The van der Waals surface area contributed by atoms with E-state index in [0.29, 0.717) is 51.1 Å². The number of ether oxygens (including phenoxy) is 5. The number of methoxy groups -OCH3 is 2. The Kier molecular flexibility index (Phi) is 9.73. The Morgan fingerprint density at radius 2 is 1.60 bits per heavy atom. The summed E-state index contributed by atoms with van der Waals surface area (Å²) >= 11 is 1.26. The van der Waals surface area contributed by atoms with Crippen LogP contribution in [-0.2, 0) is 9.53 Å². The van der Waals surface area contributed by atoms with Crippen LogP contribution in [0, 0.1) is 13.8 Å². The van der Waals surface area contributed by atoms with Crippen molar-refractivity contribution in [1.29, 1.82) is 0 Å². The van der Waals surface area contributed by atoms with Crippen LogP contribution in [0.5, 0.6) is 23.0 Å². The van der Waals surface area contributed by atoms with E-state index in [1.807, 2.05) is 56.3 Å². The maximum Gasteiger partial charge on any atom is 0.338 e. The predicted octanol–water partition coefficient (Wildman–Crippen LogP) is 4.89. The number of thiazole rings is 1. The number of aryl methyl sites for hydroxylation is 2. The number of rotatable bonds is 11. The van der Waals surface area contributed by atoms with E-state index in [1.54, 1.807) is 50.8 Å². The molecule has 0 radical (unpaired) electrons. The second kappa shape index (κ2) is 13.9. The summed E-state index contributed by atoms with van der Waals surface area (Å²) in [5.74, 6) is 2.06. The minimum absolute atomic E-state index is 0.205. The topological polar surface area (TPSA) is 97.6 Å². The van der Waals surface area contributed by atoms with Gasteiger partial charge in [0.15, 0.2) is 16.3 Å². The second-order valence-corrected chi connectivity index (χ2v) is 11.5. The molecule has 0 unspecified atom stereocenters. The van der Waals surface area contributed by atoms with Gasteiger partial charge in [-0.25, -0.2) is 9.79 Å². The van der Waals surface area contributed by atoms with Gasteiger partial charge in [0.2, 0.25) is 0 Å². The molecule has 0 N–H and O–H groups in total.